The summed E-state index contributed by atoms with van der Waals surface area (Å²) >= 11 is 0. The zero-order valence-electron chi connectivity index (χ0n) is 12.6. The lowest BCUT2D eigenvalue weighted by molar-refractivity contribution is 0.0259. The number of aliphatic hydroxyl groups excluding tert-OH is 1. The first-order valence-corrected chi connectivity index (χ1v) is 7.88. The Morgan fingerprint density at radius 3 is 1.77 bits per heavy atom. The van der Waals surface area contributed by atoms with E-state index < -0.39 is 12.3 Å². The van der Waals surface area contributed by atoms with E-state index in [0.29, 0.717) is 12.8 Å². The van der Waals surface area contributed by atoms with Crippen LogP contribution in [0.5, 0.6) is 0 Å². The lowest BCUT2D eigenvalue weighted by atomic mass is 10.1. The Bertz CT molecular complexity index is 533. The third-order valence-corrected chi connectivity index (χ3v) is 4.43. The molecule has 1 fully saturated rings. The number of alkyl halides is 1. The van der Waals surface area contributed by atoms with Crippen LogP contribution in [0.2, 0.25) is 0 Å². The van der Waals surface area contributed by atoms with Crippen LogP contribution >= 0.6 is 0 Å². The van der Waals surface area contributed by atoms with Crippen LogP contribution in [-0.4, -0.2) is 28.3 Å². The molecule has 0 heterocycles. The van der Waals surface area contributed by atoms with Gasteiger partial charge >= 0.3 is 0 Å². The normalized spacial score (nSPS) is 24.8. The minimum Gasteiger partial charge on any atom is -0.388 e. The van der Waals surface area contributed by atoms with Crippen LogP contribution in [0.3, 0.4) is 0 Å². The van der Waals surface area contributed by atoms with E-state index in [-0.39, 0.29) is 6.04 Å². The molecule has 1 aliphatic carbocycles. The smallest absolute Gasteiger partial charge is 0.127 e. The van der Waals surface area contributed by atoms with Crippen molar-refractivity contribution in [2.24, 2.45) is 0 Å². The molecule has 0 unspecified atom stereocenters. The fourth-order valence-corrected chi connectivity index (χ4v) is 3.24. The standard InChI is InChI=1S/C19H22FNO/c20-17-11-12-18(19(17)22)21(13-15-7-3-1-4-8-15)14-16-9-5-2-6-10-16/h1-10,17-19,22H,11-14H2/t17-,18+,19+/m0/s1. The molecule has 0 aromatic heterocycles. The summed E-state index contributed by atoms with van der Waals surface area (Å²) in [5.74, 6) is 0. The topological polar surface area (TPSA) is 23.5 Å². The van der Waals surface area contributed by atoms with Gasteiger partial charge in [0, 0.05) is 19.1 Å². The number of aliphatic hydroxyl groups is 1. The molecule has 1 saturated carbocycles. The number of hydrogen-bond donors (Lipinski definition) is 1. The van der Waals surface area contributed by atoms with Crippen LogP contribution in [0.15, 0.2) is 60.7 Å². The summed E-state index contributed by atoms with van der Waals surface area (Å²) in [6.45, 7) is 1.45. The number of nitrogens with zero attached hydrogens (tertiary/aromatic N) is 1. The monoisotopic (exact) mass is 299 g/mol. The van der Waals surface area contributed by atoms with Crippen LogP contribution in [0.25, 0.3) is 0 Å². The molecule has 3 atom stereocenters. The average molecular weight is 299 g/mol. The van der Waals surface area contributed by atoms with Crippen molar-refractivity contribution in [1.29, 1.82) is 0 Å². The number of hydrogen-bond acceptors (Lipinski definition) is 2. The summed E-state index contributed by atoms with van der Waals surface area (Å²) in [6, 6.07) is 20.2. The van der Waals surface area contributed by atoms with Gasteiger partial charge < -0.3 is 5.11 Å². The molecule has 116 valence electrons. The highest BCUT2D eigenvalue weighted by atomic mass is 19.1. The summed E-state index contributed by atoms with van der Waals surface area (Å²) in [4.78, 5) is 2.20. The summed E-state index contributed by atoms with van der Waals surface area (Å²) < 4.78 is 13.7. The molecule has 3 heteroatoms. The summed E-state index contributed by atoms with van der Waals surface area (Å²) in [6.07, 6.45) is -0.819. The second-order valence-corrected chi connectivity index (χ2v) is 6.03. The molecular formula is C19H22FNO. The predicted octanol–water partition coefficient (Wildman–Crippen LogP) is 3.55. The molecule has 2 aromatic carbocycles. The fraction of sp³-hybridized carbons (Fsp3) is 0.368. The minimum atomic E-state index is -1.10. The molecular weight excluding hydrogens is 277 g/mol. The van der Waals surface area contributed by atoms with Crippen molar-refractivity contribution in [3.63, 3.8) is 0 Å². The molecule has 22 heavy (non-hydrogen) atoms. The van der Waals surface area contributed by atoms with Crippen molar-refractivity contribution in [2.75, 3.05) is 0 Å². The molecule has 3 rings (SSSR count). The van der Waals surface area contributed by atoms with Gasteiger partial charge in [-0.1, -0.05) is 60.7 Å². The van der Waals surface area contributed by atoms with E-state index in [1.54, 1.807) is 0 Å². The lowest BCUT2D eigenvalue weighted by Crippen LogP contribution is -2.41. The molecule has 2 aromatic rings. The molecule has 0 amide bonds. The number of halogens is 1. The van der Waals surface area contributed by atoms with Gasteiger partial charge in [-0.25, -0.2) is 4.39 Å². The summed E-state index contributed by atoms with van der Waals surface area (Å²) in [7, 11) is 0. The SMILES string of the molecule is O[C@H]1[C@H](N(Cc2ccccc2)Cc2ccccc2)CC[C@@H]1F. The average Bonchev–Trinajstić information content (AvgIpc) is 2.88. The number of benzene rings is 2. The lowest BCUT2D eigenvalue weighted by Gasteiger charge is -2.31. The third kappa shape index (κ3) is 3.54. The molecule has 1 aliphatic rings. The number of rotatable bonds is 5. The molecule has 2 nitrogen and oxygen atoms in total. The Morgan fingerprint density at radius 1 is 0.864 bits per heavy atom. The second-order valence-electron chi connectivity index (χ2n) is 6.03. The van der Waals surface area contributed by atoms with Gasteiger partial charge in [0.25, 0.3) is 0 Å². The highest BCUT2D eigenvalue weighted by Crippen LogP contribution is 2.29. The van der Waals surface area contributed by atoms with Crippen molar-refractivity contribution < 1.29 is 9.50 Å². The Kier molecular flexibility index (Phi) is 4.86. The van der Waals surface area contributed by atoms with Crippen molar-refractivity contribution in [3.8, 4) is 0 Å². The van der Waals surface area contributed by atoms with E-state index in [2.05, 4.69) is 29.2 Å². The highest BCUT2D eigenvalue weighted by Gasteiger charge is 2.38. The molecule has 0 aliphatic heterocycles. The van der Waals surface area contributed by atoms with E-state index in [9.17, 15) is 9.50 Å². The third-order valence-electron chi connectivity index (χ3n) is 4.43. The van der Waals surface area contributed by atoms with Gasteiger partial charge in [-0.15, -0.1) is 0 Å². The molecule has 0 spiro atoms. The fourth-order valence-electron chi connectivity index (χ4n) is 3.24. The molecule has 0 saturated heterocycles. The zero-order chi connectivity index (χ0) is 15.4. The summed E-state index contributed by atoms with van der Waals surface area (Å²) in [5, 5.41) is 10.2. The van der Waals surface area contributed by atoms with E-state index in [1.165, 1.54) is 11.1 Å². The van der Waals surface area contributed by atoms with Gasteiger partial charge in [0.05, 0.1) is 0 Å². The Balaban J connectivity index is 1.79. The molecule has 0 radical (unpaired) electrons. The highest BCUT2D eigenvalue weighted by molar-refractivity contribution is 5.17. The van der Waals surface area contributed by atoms with Gasteiger partial charge in [-0.3, -0.25) is 4.90 Å². The van der Waals surface area contributed by atoms with Crippen LogP contribution in [0.1, 0.15) is 24.0 Å². The molecule has 1 N–H and O–H groups in total. The first kappa shape index (κ1) is 15.2. The quantitative estimate of drug-likeness (QED) is 0.912. The predicted molar refractivity (Wildman–Crippen MR) is 86.1 cm³/mol. The minimum absolute atomic E-state index is 0.115. The van der Waals surface area contributed by atoms with Gasteiger partial charge in [0.15, 0.2) is 0 Å². The van der Waals surface area contributed by atoms with Gasteiger partial charge in [-0.05, 0) is 24.0 Å². The maximum absolute atomic E-state index is 13.7. The maximum Gasteiger partial charge on any atom is 0.127 e. The van der Waals surface area contributed by atoms with Crippen LogP contribution in [0.4, 0.5) is 4.39 Å². The van der Waals surface area contributed by atoms with E-state index in [0.717, 1.165) is 13.1 Å². The van der Waals surface area contributed by atoms with Crippen LogP contribution in [-0.2, 0) is 13.1 Å². The van der Waals surface area contributed by atoms with Gasteiger partial charge in [-0.2, -0.15) is 0 Å². The van der Waals surface area contributed by atoms with Gasteiger partial charge in [0.1, 0.15) is 12.3 Å². The Labute approximate surface area is 131 Å². The van der Waals surface area contributed by atoms with Crippen molar-refractivity contribution in [2.45, 2.75) is 44.2 Å². The van der Waals surface area contributed by atoms with Crippen molar-refractivity contribution >= 4 is 0 Å². The van der Waals surface area contributed by atoms with Crippen molar-refractivity contribution in [1.82, 2.24) is 4.90 Å². The molecule has 0 bridgehead atoms. The second kappa shape index (κ2) is 7.03. The maximum atomic E-state index is 13.7. The van der Waals surface area contributed by atoms with Crippen molar-refractivity contribution in [3.05, 3.63) is 71.8 Å². The first-order chi connectivity index (χ1) is 10.7. The van der Waals surface area contributed by atoms with Crippen LogP contribution in [0, 0.1) is 0 Å². The van der Waals surface area contributed by atoms with Crippen LogP contribution < -0.4 is 0 Å². The van der Waals surface area contributed by atoms with E-state index >= 15 is 0 Å². The first-order valence-electron chi connectivity index (χ1n) is 7.88. The Morgan fingerprint density at radius 2 is 1.36 bits per heavy atom. The van der Waals surface area contributed by atoms with E-state index in [1.807, 2.05) is 36.4 Å². The van der Waals surface area contributed by atoms with Gasteiger partial charge in [0.2, 0.25) is 0 Å². The largest absolute Gasteiger partial charge is 0.388 e. The zero-order valence-corrected chi connectivity index (χ0v) is 12.6. The Hall–Kier alpha value is -1.71. The summed E-state index contributed by atoms with van der Waals surface area (Å²) in [5.41, 5.74) is 2.38. The van der Waals surface area contributed by atoms with E-state index in [4.69, 9.17) is 0 Å².